The number of benzene rings is 1. The van der Waals surface area contributed by atoms with Gasteiger partial charge in [-0.15, -0.1) is 0 Å². The molecule has 1 aromatic carbocycles. The molecule has 0 saturated heterocycles. The van der Waals surface area contributed by atoms with E-state index in [-0.39, 0.29) is 25.3 Å². The standard InChI is InChI=1S/C25H34N4O4S/c1-17(2)22(26)23(30)28-20(14-18-8-5-4-6-9-18)24(31)29(16-19-10-7-12-27-15-19)21(25(32)33)11-13-34-3/h4-10,12,15,17,20-22H,11,13-14,16,26H2,1-3H3,(H,28,30)(H,32,33)/t20-,21-,22-/m0/s1. The van der Waals surface area contributed by atoms with Gasteiger partial charge in [0.25, 0.3) is 0 Å². The summed E-state index contributed by atoms with van der Waals surface area (Å²) in [7, 11) is 0. The summed E-state index contributed by atoms with van der Waals surface area (Å²) in [4.78, 5) is 44.3. The van der Waals surface area contributed by atoms with Crippen LogP contribution in [0, 0.1) is 5.92 Å². The molecule has 0 aliphatic rings. The van der Waals surface area contributed by atoms with Crippen molar-refractivity contribution in [3.05, 3.63) is 66.0 Å². The summed E-state index contributed by atoms with van der Waals surface area (Å²) in [5.41, 5.74) is 7.58. The van der Waals surface area contributed by atoms with Gasteiger partial charge < -0.3 is 21.1 Å². The monoisotopic (exact) mass is 486 g/mol. The molecule has 4 N–H and O–H groups in total. The maximum absolute atomic E-state index is 13.9. The van der Waals surface area contributed by atoms with Gasteiger partial charge in [0.05, 0.1) is 6.04 Å². The highest BCUT2D eigenvalue weighted by Gasteiger charge is 2.35. The van der Waals surface area contributed by atoms with E-state index in [1.54, 1.807) is 24.5 Å². The van der Waals surface area contributed by atoms with E-state index in [0.717, 1.165) is 5.56 Å². The van der Waals surface area contributed by atoms with Crippen molar-refractivity contribution in [2.45, 2.75) is 51.4 Å². The van der Waals surface area contributed by atoms with Gasteiger partial charge in [0.1, 0.15) is 12.1 Å². The van der Waals surface area contributed by atoms with Crippen LogP contribution < -0.4 is 11.1 Å². The van der Waals surface area contributed by atoms with Crippen molar-refractivity contribution in [1.82, 2.24) is 15.2 Å². The number of carboxylic acids is 1. The van der Waals surface area contributed by atoms with Crippen molar-refractivity contribution >= 4 is 29.5 Å². The Morgan fingerprint density at radius 1 is 1.12 bits per heavy atom. The number of pyridine rings is 1. The van der Waals surface area contributed by atoms with Crippen LogP contribution in [0.4, 0.5) is 0 Å². The van der Waals surface area contributed by atoms with E-state index in [4.69, 9.17) is 5.73 Å². The molecule has 0 bridgehead atoms. The summed E-state index contributed by atoms with van der Waals surface area (Å²) in [5, 5.41) is 12.8. The van der Waals surface area contributed by atoms with Crippen molar-refractivity contribution < 1.29 is 19.5 Å². The summed E-state index contributed by atoms with van der Waals surface area (Å²) < 4.78 is 0. The molecule has 2 aromatic rings. The van der Waals surface area contributed by atoms with Gasteiger partial charge in [-0.05, 0) is 41.5 Å². The summed E-state index contributed by atoms with van der Waals surface area (Å²) in [6.45, 7) is 3.72. The molecule has 34 heavy (non-hydrogen) atoms. The number of carbonyl (C=O) groups is 3. The number of carbonyl (C=O) groups excluding carboxylic acids is 2. The van der Waals surface area contributed by atoms with Gasteiger partial charge in [0.15, 0.2) is 0 Å². The number of nitrogens with one attached hydrogen (secondary N) is 1. The van der Waals surface area contributed by atoms with Crippen molar-refractivity contribution in [3.8, 4) is 0 Å². The van der Waals surface area contributed by atoms with Gasteiger partial charge in [-0.3, -0.25) is 14.6 Å². The molecule has 0 saturated carbocycles. The van der Waals surface area contributed by atoms with Gasteiger partial charge in [-0.25, -0.2) is 4.79 Å². The number of hydrogen-bond donors (Lipinski definition) is 3. The second-order valence-electron chi connectivity index (χ2n) is 8.48. The third-order valence-corrected chi connectivity index (χ3v) is 6.18. The number of hydrogen-bond acceptors (Lipinski definition) is 6. The number of nitrogens with zero attached hydrogens (tertiary/aromatic N) is 2. The van der Waals surface area contributed by atoms with Crippen molar-refractivity contribution in [2.75, 3.05) is 12.0 Å². The molecule has 2 amide bonds. The summed E-state index contributed by atoms with van der Waals surface area (Å²) in [6.07, 6.45) is 5.60. The van der Waals surface area contributed by atoms with Crippen LogP contribution in [0.25, 0.3) is 0 Å². The normalized spacial score (nSPS) is 13.7. The highest BCUT2D eigenvalue weighted by molar-refractivity contribution is 7.98. The third kappa shape index (κ3) is 8.14. The Labute approximate surface area is 205 Å². The second-order valence-corrected chi connectivity index (χ2v) is 9.47. The number of thioether (sulfide) groups is 1. The van der Waals surface area contributed by atoms with Crippen molar-refractivity contribution in [2.24, 2.45) is 11.7 Å². The summed E-state index contributed by atoms with van der Waals surface area (Å²) in [6, 6.07) is 10.0. The zero-order chi connectivity index (χ0) is 25.1. The molecule has 0 fully saturated rings. The van der Waals surface area contributed by atoms with E-state index in [1.165, 1.54) is 16.7 Å². The van der Waals surface area contributed by atoms with Gasteiger partial charge >= 0.3 is 5.97 Å². The highest BCUT2D eigenvalue weighted by atomic mass is 32.2. The van der Waals surface area contributed by atoms with Crippen LogP contribution in [0.3, 0.4) is 0 Å². The fraction of sp³-hybridized carbons (Fsp3) is 0.440. The quantitative estimate of drug-likeness (QED) is 0.397. The van der Waals surface area contributed by atoms with Crippen LogP contribution >= 0.6 is 11.8 Å². The number of amides is 2. The maximum atomic E-state index is 13.9. The predicted octanol–water partition coefficient (Wildman–Crippen LogP) is 2.33. The first-order chi connectivity index (χ1) is 16.2. The van der Waals surface area contributed by atoms with E-state index >= 15 is 0 Å². The molecule has 1 heterocycles. The van der Waals surface area contributed by atoms with Crippen LogP contribution in [-0.2, 0) is 27.3 Å². The Kier molecular flexibility index (Phi) is 11.0. The number of aromatic nitrogens is 1. The Balaban J connectivity index is 2.42. The van der Waals surface area contributed by atoms with Crippen molar-refractivity contribution in [1.29, 1.82) is 0 Å². The molecule has 9 heteroatoms. The number of rotatable bonds is 13. The van der Waals surface area contributed by atoms with E-state index in [2.05, 4.69) is 10.3 Å². The summed E-state index contributed by atoms with van der Waals surface area (Å²) >= 11 is 1.51. The Bertz CT molecular complexity index is 927. The minimum atomic E-state index is -1.09. The first-order valence-electron chi connectivity index (χ1n) is 11.3. The smallest absolute Gasteiger partial charge is 0.326 e. The molecule has 0 aliphatic heterocycles. The van der Waals surface area contributed by atoms with Crippen LogP contribution in [0.2, 0.25) is 0 Å². The largest absolute Gasteiger partial charge is 0.480 e. The van der Waals surface area contributed by atoms with E-state index in [1.807, 2.05) is 50.4 Å². The van der Waals surface area contributed by atoms with Gasteiger partial charge in [-0.2, -0.15) is 11.8 Å². The SMILES string of the molecule is CSCC[C@@H](C(=O)O)N(Cc1cccnc1)C(=O)[C@H](Cc1ccccc1)NC(=O)[C@@H](N)C(C)C. The molecular weight excluding hydrogens is 452 g/mol. The number of carboxylic acid groups (broad SMARTS) is 1. The Morgan fingerprint density at radius 2 is 1.79 bits per heavy atom. The van der Waals surface area contributed by atoms with Crippen LogP contribution in [0.15, 0.2) is 54.9 Å². The van der Waals surface area contributed by atoms with Gasteiger partial charge in [0, 0.05) is 25.4 Å². The molecule has 0 aliphatic carbocycles. The van der Waals surface area contributed by atoms with E-state index in [9.17, 15) is 19.5 Å². The Hall–Kier alpha value is -2.91. The lowest BCUT2D eigenvalue weighted by Gasteiger charge is -2.33. The predicted molar refractivity (Wildman–Crippen MR) is 134 cm³/mol. The maximum Gasteiger partial charge on any atom is 0.326 e. The minimum absolute atomic E-state index is 0.0649. The molecule has 0 spiro atoms. The summed E-state index contributed by atoms with van der Waals surface area (Å²) in [5.74, 6) is -1.55. The molecule has 3 atom stereocenters. The molecule has 8 nitrogen and oxygen atoms in total. The first-order valence-corrected chi connectivity index (χ1v) is 12.6. The zero-order valence-electron chi connectivity index (χ0n) is 19.9. The van der Waals surface area contributed by atoms with Crippen LogP contribution in [-0.4, -0.2) is 62.9 Å². The van der Waals surface area contributed by atoms with Crippen LogP contribution in [0.5, 0.6) is 0 Å². The first kappa shape index (κ1) is 27.3. The molecule has 2 rings (SSSR count). The van der Waals surface area contributed by atoms with E-state index in [0.29, 0.717) is 11.3 Å². The average molecular weight is 487 g/mol. The van der Waals surface area contributed by atoms with Crippen LogP contribution in [0.1, 0.15) is 31.4 Å². The molecule has 0 unspecified atom stereocenters. The topological polar surface area (TPSA) is 126 Å². The molecule has 0 radical (unpaired) electrons. The number of aliphatic carboxylic acids is 1. The fourth-order valence-electron chi connectivity index (χ4n) is 3.49. The molecule has 1 aromatic heterocycles. The van der Waals surface area contributed by atoms with Crippen molar-refractivity contribution in [3.63, 3.8) is 0 Å². The molecule has 184 valence electrons. The van der Waals surface area contributed by atoms with Gasteiger partial charge in [0.2, 0.25) is 11.8 Å². The fourth-order valence-corrected chi connectivity index (χ4v) is 3.95. The average Bonchev–Trinajstić information content (AvgIpc) is 2.83. The van der Waals surface area contributed by atoms with Gasteiger partial charge in [-0.1, -0.05) is 50.2 Å². The third-order valence-electron chi connectivity index (χ3n) is 5.53. The lowest BCUT2D eigenvalue weighted by atomic mass is 10.0. The zero-order valence-corrected chi connectivity index (χ0v) is 20.7. The second kappa shape index (κ2) is 13.7. The molecular formula is C25H34N4O4S. The lowest BCUT2D eigenvalue weighted by molar-refractivity contribution is -0.152. The minimum Gasteiger partial charge on any atom is -0.480 e. The highest BCUT2D eigenvalue weighted by Crippen LogP contribution is 2.17. The Morgan fingerprint density at radius 3 is 2.35 bits per heavy atom. The van der Waals surface area contributed by atoms with E-state index < -0.39 is 35.9 Å². The number of nitrogens with two attached hydrogens (primary N) is 1. The lowest BCUT2D eigenvalue weighted by Crippen LogP contribution is -2.57.